The van der Waals surface area contributed by atoms with Gasteiger partial charge in [-0.15, -0.1) is 0 Å². The zero-order valence-corrected chi connectivity index (χ0v) is 16.9. The fourth-order valence-electron chi connectivity index (χ4n) is 2.57. The van der Waals surface area contributed by atoms with Crippen LogP contribution < -0.4 is 20.4 Å². The van der Waals surface area contributed by atoms with Crippen molar-refractivity contribution in [2.24, 2.45) is 5.10 Å². The van der Waals surface area contributed by atoms with Crippen LogP contribution >= 0.6 is 0 Å². The van der Waals surface area contributed by atoms with Gasteiger partial charge in [0.1, 0.15) is 11.4 Å². The Bertz CT molecular complexity index is 958. The molecule has 2 amide bonds. The monoisotopic (exact) mass is 413 g/mol. The predicted molar refractivity (Wildman–Crippen MR) is 114 cm³/mol. The molecule has 158 valence electrons. The fourth-order valence-corrected chi connectivity index (χ4v) is 2.57. The highest BCUT2D eigenvalue weighted by Gasteiger charge is 2.15. The van der Waals surface area contributed by atoms with Crippen molar-refractivity contribution in [1.29, 1.82) is 0 Å². The number of para-hydroxylation sites is 2. The van der Waals surface area contributed by atoms with Gasteiger partial charge in [0.15, 0.2) is 0 Å². The number of amides is 2. The number of rotatable bonds is 9. The average molecular weight is 413 g/mol. The second-order valence-corrected chi connectivity index (χ2v) is 6.44. The summed E-state index contributed by atoms with van der Waals surface area (Å²) in [4.78, 5) is 36.3. The van der Waals surface area contributed by atoms with Crippen LogP contribution in [0.5, 0.6) is 5.75 Å². The molecule has 2 rings (SSSR count). The average Bonchev–Trinajstić information content (AvgIpc) is 2.72. The minimum Gasteiger partial charge on any atom is -0.495 e. The van der Waals surface area contributed by atoms with Gasteiger partial charge in [-0.25, -0.2) is 5.43 Å². The van der Waals surface area contributed by atoms with Crippen molar-refractivity contribution in [1.82, 2.24) is 5.43 Å². The van der Waals surface area contributed by atoms with E-state index in [-0.39, 0.29) is 24.4 Å². The van der Waals surface area contributed by atoms with Crippen LogP contribution in [0, 0.1) is 10.1 Å². The second kappa shape index (κ2) is 10.6. The molecule has 0 atom stereocenters. The highest BCUT2D eigenvalue weighted by atomic mass is 16.6. The van der Waals surface area contributed by atoms with Gasteiger partial charge >= 0.3 is 0 Å². The van der Waals surface area contributed by atoms with E-state index in [0.29, 0.717) is 22.7 Å². The quantitative estimate of drug-likeness (QED) is 0.370. The molecule has 2 N–H and O–H groups in total. The van der Waals surface area contributed by atoms with Crippen molar-refractivity contribution < 1.29 is 19.2 Å². The SMILES string of the molecule is COc1ccccc1NC(=O)CCC(=O)NN=Cc1ccc(N(C)C)c([N+](=O)[O-])c1. The molecular formula is C20H23N5O5. The van der Waals surface area contributed by atoms with E-state index in [2.05, 4.69) is 15.8 Å². The van der Waals surface area contributed by atoms with E-state index in [1.807, 2.05) is 0 Å². The molecule has 10 heteroatoms. The summed E-state index contributed by atoms with van der Waals surface area (Å²) in [6.07, 6.45) is 1.19. The van der Waals surface area contributed by atoms with Gasteiger partial charge in [-0.05, 0) is 18.2 Å². The van der Waals surface area contributed by atoms with E-state index < -0.39 is 10.8 Å². The van der Waals surface area contributed by atoms with Crippen molar-refractivity contribution >= 4 is 35.1 Å². The molecule has 0 heterocycles. The summed E-state index contributed by atoms with van der Waals surface area (Å²) in [6.45, 7) is 0. The summed E-state index contributed by atoms with van der Waals surface area (Å²) in [5.41, 5.74) is 3.68. The molecule has 0 spiro atoms. The molecular weight excluding hydrogens is 390 g/mol. The number of anilines is 2. The third kappa shape index (κ3) is 6.30. The molecule has 0 fully saturated rings. The molecule has 0 aliphatic rings. The lowest BCUT2D eigenvalue weighted by atomic mass is 10.2. The van der Waals surface area contributed by atoms with Crippen LogP contribution in [0.15, 0.2) is 47.6 Å². The molecule has 0 aromatic heterocycles. The predicted octanol–water partition coefficient (Wildman–Crippen LogP) is 2.54. The molecule has 0 bridgehead atoms. The summed E-state index contributed by atoms with van der Waals surface area (Å²) in [5.74, 6) is -0.274. The number of carbonyl (C=O) groups excluding carboxylic acids is 2. The Morgan fingerprint density at radius 1 is 1.17 bits per heavy atom. The summed E-state index contributed by atoms with van der Waals surface area (Å²) < 4.78 is 5.15. The van der Waals surface area contributed by atoms with Crippen molar-refractivity contribution in [3.63, 3.8) is 0 Å². The lowest BCUT2D eigenvalue weighted by molar-refractivity contribution is -0.384. The Kier molecular flexibility index (Phi) is 7.86. The van der Waals surface area contributed by atoms with E-state index >= 15 is 0 Å². The first-order valence-electron chi connectivity index (χ1n) is 9.02. The van der Waals surface area contributed by atoms with Gasteiger partial charge in [0.25, 0.3) is 5.69 Å². The van der Waals surface area contributed by atoms with Crippen LogP contribution in [0.3, 0.4) is 0 Å². The van der Waals surface area contributed by atoms with Gasteiger partial charge in [-0.1, -0.05) is 18.2 Å². The van der Waals surface area contributed by atoms with Crippen LogP contribution in [-0.2, 0) is 9.59 Å². The number of nitrogens with zero attached hydrogens (tertiary/aromatic N) is 3. The molecule has 0 aliphatic carbocycles. The largest absolute Gasteiger partial charge is 0.495 e. The van der Waals surface area contributed by atoms with Crippen LogP contribution in [0.25, 0.3) is 0 Å². The first-order chi connectivity index (χ1) is 14.3. The Morgan fingerprint density at radius 3 is 2.53 bits per heavy atom. The fraction of sp³-hybridized carbons (Fsp3) is 0.250. The highest BCUT2D eigenvalue weighted by molar-refractivity contribution is 5.94. The van der Waals surface area contributed by atoms with Crippen LogP contribution in [0.1, 0.15) is 18.4 Å². The first-order valence-corrected chi connectivity index (χ1v) is 9.02. The number of ether oxygens (including phenoxy) is 1. The third-order valence-electron chi connectivity index (χ3n) is 4.04. The van der Waals surface area contributed by atoms with E-state index in [9.17, 15) is 19.7 Å². The molecule has 10 nitrogen and oxygen atoms in total. The second-order valence-electron chi connectivity index (χ2n) is 6.44. The summed E-state index contributed by atoms with van der Waals surface area (Å²) in [5, 5.41) is 17.7. The smallest absolute Gasteiger partial charge is 0.293 e. The Balaban J connectivity index is 1.87. The summed E-state index contributed by atoms with van der Waals surface area (Å²) >= 11 is 0. The van der Waals surface area contributed by atoms with E-state index in [1.165, 1.54) is 19.4 Å². The van der Waals surface area contributed by atoms with Crippen molar-refractivity contribution in [2.45, 2.75) is 12.8 Å². The van der Waals surface area contributed by atoms with Gasteiger partial charge in [0.05, 0.1) is 23.9 Å². The highest BCUT2D eigenvalue weighted by Crippen LogP contribution is 2.27. The lowest BCUT2D eigenvalue weighted by Gasteiger charge is -2.12. The molecule has 2 aromatic carbocycles. The Hall–Kier alpha value is -3.95. The molecule has 0 saturated heterocycles. The number of benzene rings is 2. The van der Waals surface area contributed by atoms with Crippen molar-refractivity contribution in [3.05, 3.63) is 58.1 Å². The number of hydrazone groups is 1. The van der Waals surface area contributed by atoms with Gasteiger partial charge in [0, 0.05) is 38.6 Å². The Morgan fingerprint density at radius 2 is 1.87 bits per heavy atom. The molecule has 0 unspecified atom stereocenters. The molecule has 0 aliphatic heterocycles. The van der Waals surface area contributed by atoms with Crippen LogP contribution in [0.2, 0.25) is 0 Å². The van der Waals surface area contributed by atoms with Crippen molar-refractivity contribution in [2.75, 3.05) is 31.4 Å². The number of nitrogens with one attached hydrogen (secondary N) is 2. The third-order valence-corrected chi connectivity index (χ3v) is 4.04. The zero-order valence-electron chi connectivity index (χ0n) is 16.9. The van der Waals surface area contributed by atoms with Gasteiger partial charge in [-0.2, -0.15) is 5.10 Å². The lowest BCUT2D eigenvalue weighted by Crippen LogP contribution is -2.20. The van der Waals surface area contributed by atoms with Gasteiger partial charge < -0.3 is 15.0 Å². The topological polar surface area (TPSA) is 126 Å². The number of hydrogen-bond acceptors (Lipinski definition) is 7. The van der Waals surface area contributed by atoms with Gasteiger partial charge in [0.2, 0.25) is 11.8 Å². The minimum absolute atomic E-state index is 0.0393. The zero-order chi connectivity index (χ0) is 22.1. The van der Waals surface area contributed by atoms with E-state index in [1.54, 1.807) is 55.4 Å². The van der Waals surface area contributed by atoms with Crippen molar-refractivity contribution in [3.8, 4) is 5.75 Å². The molecule has 30 heavy (non-hydrogen) atoms. The number of hydrogen-bond donors (Lipinski definition) is 2. The summed E-state index contributed by atoms with van der Waals surface area (Å²) in [7, 11) is 4.92. The normalized spacial score (nSPS) is 10.5. The maximum absolute atomic E-state index is 12.0. The number of carbonyl (C=O) groups is 2. The first kappa shape index (κ1) is 22.3. The maximum Gasteiger partial charge on any atom is 0.293 e. The molecule has 0 saturated carbocycles. The molecule has 0 radical (unpaired) electrons. The molecule has 2 aromatic rings. The van der Waals surface area contributed by atoms with E-state index in [0.717, 1.165) is 0 Å². The number of nitro benzene ring substituents is 1. The number of methoxy groups -OCH3 is 1. The van der Waals surface area contributed by atoms with Gasteiger partial charge in [-0.3, -0.25) is 19.7 Å². The van der Waals surface area contributed by atoms with Crippen LogP contribution in [-0.4, -0.2) is 44.2 Å². The summed E-state index contributed by atoms with van der Waals surface area (Å²) in [6, 6.07) is 11.6. The standard InChI is InChI=1S/C20H23N5O5/c1-24(2)16-9-8-14(12-17(16)25(28)29)13-21-23-20(27)11-10-19(26)22-15-6-4-5-7-18(15)30-3/h4-9,12-13H,10-11H2,1-3H3,(H,22,26)(H,23,27). The minimum atomic E-state index is -0.481. The van der Waals surface area contributed by atoms with E-state index in [4.69, 9.17) is 4.74 Å². The Labute approximate surface area is 173 Å². The number of nitro groups is 1. The van der Waals surface area contributed by atoms with Crippen LogP contribution in [0.4, 0.5) is 17.1 Å². The maximum atomic E-state index is 12.0.